The van der Waals surface area contributed by atoms with Gasteiger partial charge >= 0.3 is 5.97 Å². The first-order valence-corrected chi connectivity index (χ1v) is 6.19. The van der Waals surface area contributed by atoms with Gasteiger partial charge in [-0.3, -0.25) is 0 Å². The molecule has 0 saturated carbocycles. The van der Waals surface area contributed by atoms with E-state index in [0.29, 0.717) is 11.5 Å². The highest BCUT2D eigenvalue weighted by Crippen LogP contribution is 2.30. The molecule has 0 amide bonds. The first kappa shape index (κ1) is 12.9. The number of carboxylic acids is 1. The van der Waals surface area contributed by atoms with Crippen molar-refractivity contribution in [1.29, 1.82) is 0 Å². The molecular weight excluding hydrogens is 319 g/mol. The monoisotopic (exact) mass is 326 g/mol. The fraction of sp³-hybridized carbons (Fsp3) is 0. The average molecular weight is 328 g/mol. The van der Waals surface area contributed by atoms with E-state index in [0.717, 1.165) is 4.47 Å². The van der Waals surface area contributed by atoms with Crippen LogP contribution in [0.3, 0.4) is 0 Å². The van der Waals surface area contributed by atoms with Gasteiger partial charge in [-0.2, -0.15) is 0 Å². The largest absolute Gasteiger partial charge is 0.478 e. The van der Waals surface area contributed by atoms with E-state index in [-0.39, 0.29) is 10.6 Å². The first-order chi connectivity index (χ1) is 8.56. The van der Waals surface area contributed by atoms with Crippen LogP contribution in [-0.2, 0) is 0 Å². The third kappa shape index (κ3) is 3.03. The van der Waals surface area contributed by atoms with Crippen LogP contribution in [-0.4, -0.2) is 11.1 Å². The van der Waals surface area contributed by atoms with E-state index in [2.05, 4.69) is 15.9 Å². The minimum absolute atomic E-state index is 0.128. The van der Waals surface area contributed by atoms with Crippen LogP contribution < -0.4 is 4.74 Å². The van der Waals surface area contributed by atoms with Gasteiger partial charge < -0.3 is 9.84 Å². The van der Waals surface area contributed by atoms with Gasteiger partial charge in [-0.15, -0.1) is 0 Å². The van der Waals surface area contributed by atoms with Crippen molar-refractivity contribution < 1.29 is 14.6 Å². The topological polar surface area (TPSA) is 46.5 Å². The van der Waals surface area contributed by atoms with Crippen molar-refractivity contribution in [3.8, 4) is 11.5 Å². The predicted molar refractivity (Wildman–Crippen MR) is 72.6 cm³/mol. The summed E-state index contributed by atoms with van der Waals surface area (Å²) in [6.07, 6.45) is 0. The summed E-state index contributed by atoms with van der Waals surface area (Å²) in [6.45, 7) is 0. The van der Waals surface area contributed by atoms with Crippen molar-refractivity contribution in [3.63, 3.8) is 0 Å². The Bertz CT molecular complexity index is 581. The van der Waals surface area contributed by atoms with E-state index in [4.69, 9.17) is 21.4 Å². The summed E-state index contributed by atoms with van der Waals surface area (Å²) in [6, 6.07) is 11.6. The lowest BCUT2D eigenvalue weighted by Crippen LogP contribution is -1.96. The van der Waals surface area contributed by atoms with Gasteiger partial charge in [0.1, 0.15) is 11.5 Å². The Morgan fingerprint density at radius 2 is 1.83 bits per heavy atom. The quantitative estimate of drug-likeness (QED) is 0.896. The molecule has 3 nitrogen and oxygen atoms in total. The van der Waals surface area contributed by atoms with E-state index in [1.807, 2.05) is 12.1 Å². The molecule has 0 bridgehead atoms. The molecule has 1 N–H and O–H groups in total. The standard InChI is InChI=1S/C13H8BrClO3/c14-9-2-4-10(5-3-9)18-12-6-1-8(13(16)17)7-11(12)15/h1-7H,(H,16,17). The smallest absolute Gasteiger partial charge is 0.335 e. The summed E-state index contributed by atoms with van der Waals surface area (Å²) in [5.41, 5.74) is 0.128. The second-order valence-corrected chi connectivity index (χ2v) is 4.83. The predicted octanol–water partition coefficient (Wildman–Crippen LogP) is 4.59. The van der Waals surface area contributed by atoms with Crippen LogP contribution in [0.15, 0.2) is 46.9 Å². The van der Waals surface area contributed by atoms with E-state index >= 15 is 0 Å². The molecule has 0 radical (unpaired) electrons. The lowest BCUT2D eigenvalue weighted by molar-refractivity contribution is 0.0697. The number of halogens is 2. The Morgan fingerprint density at radius 1 is 1.17 bits per heavy atom. The van der Waals surface area contributed by atoms with Gasteiger partial charge in [0, 0.05) is 4.47 Å². The Balaban J connectivity index is 2.24. The Hall–Kier alpha value is -1.52. The fourth-order valence-corrected chi connectivity index (χ4v) is 1.83. The molecule has 0 aromatic heterocycles. The molecule has 0 heterocycles. The van der Waals surface area contributed by atoms with Gasteiger partial charge in [0.25, 0.3) is 0 Å². The van der Waals surface area contributed by atoms with Crippen LogP contribution in [0.1, 0.15) is 10.4 Å². The third-order valence-electron chi connectivity index (χ3n) is 2.22. The normalized spacial score (nSPS) is 10.1. The summed E-state index contributed by atoms with van der Waals surface area (Å²) >= 11 is 9.28. The van der Waals surface area contributed by atoms with Crippen molar-refractivity contribution in [2.75, 3.05) is 0 Å². The summed E-state index contributed by atoms with van der Waals surface area (Å²) in [4.78, 5) is 10.8. The summed E-state index contributed by atoms with van der Waals surface area (Å²) < 4.78 is 6.50. The average Bonchev–Trinajstić information content (AvgIpc) is 2.34. The number of hydrogen-bond donors (Lipinski definition) is 1. The maximum Gasteiger partial charge on any atom is 0.335 e. The first-order valence-electron chi connectivity index (χ1n) is 5.02. The molecular formula is C13H8BrClO3. The van der Waals surface area contributed by atoms with Crippen LogP contribution in [0.25, 0.3) is 0 Å². The molecule has 92 valence electrons. The van der Waals surface area contributed by atoms with Gasteiger partial charge in [-0.1, -0.05) is 27.5 Å². The van der Waals surface area contributed by atoms with Crippen LogP contribution >= 0.6 is 27.5 Å². The van der Waals surface area contributed by atoms with Crippen molar-refractivity contribution in [1.82, 2.24) is 0 Å². The SMILES string of the molecule is O=C(O)c1ccc(Oc2ccc(Br)cc2)c(Cl)c1. The second-order valence-electron chi connectivity index (χ2n) is 3.51. The molecule has 0 aliphatic heterocycles. The number of aromatic carboxylic acids is 1. The molecule has 0 atom stereocenters. The van der Waals surface area contributed by atoms with Crippen LogP contribution in [0.2, 0.25) is 5.02 Å². The molecule has 5 heteroatoms. The van der Waals surface area contributed by atoms with Crippen LogP contribution in [0.5, 0.6) is 11.5 Å². The number of hydrogen-bond acceptors (Lipinski definition) is 2. The van der Waals surface area contributed by atoms with Crippen molar-refractivity contribution in [2.24, 2.45) is 0 Å². The minimum atomic E-state index is -1.02. The zero-order valence-corrected chi connectivity index (χ0v) is 11.4. The summed E-state index contributed by atoms with van der Waals surface area (Å²) in [7, 11) is 0. The van der Waals surface area contributed by atoms with E-state index in [1.54, 1.807) is 12.1 Å². The molecule has 2 rings (SSSR count). The molecule has 2 aromatic rings. The highest BCUT2D eigenvalue weighted by Gasteiger charge is 2.08. The molecule has 0 saturated heterocycles. The van der Waals surface area contributed by atoms with Crippen LogP contribution in [0.4, 0.5) is 0 Å². The summed E-state index contributed by atoms with van der Waals surface area (Å²) in [5, 5.41) is 9.08. The zero-order valence-electron chi connectivity index (χ0n) is 9.06. The molecule has 0 aliphatic rings. The fourth-order valence-electron chi connectivity index (χ4n) is 1.35. The minimum Gasteiger partial charge on any atom is -0.478 e. The Labute approximate surface area is 117 Å². The number of carboxylic acid groups (broad SMARTS) is 1. The zero-order chi connectivity index (χ0) is 13.1. The van der Waals surface area contributed by atoms with Gasteiger partial charge in [0.15, 0.2) is 0 Å². The maximum atomic E-state index is 10.8. The van der Waals surface area contributed by atoms with Gasteiger partial charge in [-0.25, -0.2) is 4.79 Å². The van der Waals surface area contributed by atoms with Crippen molar-refractivity contribution in [2.45, 2.75) is 0 Å². The van der Waals surface area contributed by atoms with E-state index < -0.39 is 5.97 Å². The summed E-state index contributed by atoms with van der Waals surface area (Å²) in [5.74, 6) is 0.0271. The maximum absolute atomic E-state index is 10.8. The molecule has 18 heavy (non-hydrogen) atoms. The lowest BCUT2D eigenvalue weighted by Gasteiger charge is -2.08. The molecule has 0 unspecified atom stereocenters. The van der Waals surface area contributed by atoms with Gasteiger partial charge in [0.2, 0.25) is 0 Å². The van der Waals surface area contributed by atoms with E-state index in [9.17, 15) is 4.79 Å². The van der Waals surface area contributed by atoms with Gasteiger partial charge in [-0.05, 0) is 42.5 Å². The van der Waals surface area contributed by atoms with E-state index in [1.165, 1.54) is 18.2 Å². The highest BCUT2D eigenvalue weighted by atomic mass is 79.9. The van der Waals surface area contributed by atoms with Crippen LogP contribution in [0, 0.1) is 0 Å². The molecule has 0 fully saturated rings. The number of rotatable bonds is 3. The van der Waals surface area contributed by atoms with Gasteiger partial charge in [0.05, 0.1) is 10.6 Å². The second kappa shape index (κ2) is 5.42. The Kier molecular flexibility index (Phi) is 3.89. The third-order valence-corrected chi connectivity index (χ3v) is 3.04. The Morgan fingerprint density at radius 3 is 2.39 bits per heavy atom. The number of benzene rings is 2. The molecule has 0 spiro atoms. The number of ether oxygens (including phenoxy) is 1. The molecule has 0 aliphatic carbocycles. The number of carbonyl (C=O) groups is 1. The lowest BCUT2D eigenvalue weighted by atomic mass is 10.2. The molecule has 2 aromatic carbocycles. The highest BCUT2D eigenvalue weighted by molar-refractivity contribution is 9.10. The van der Waals surface area contributed by atoms with Crippen molar-refractivity contribution in [3.05, 3.63) is 57.5 Å². The van der Waals surface area contributed by atoms with Crippen molar-refractivity contribution >= 4 is 33.5 Å².